The number of hydrogen-bond donors (Lipinski definition) is 1. The molecule has 0 aliphatic carbocycles. The number of rotatable bonds is 4. The molecule has 0 radical (unpaired) electrons. The van der Waals surface area contributed by atoms with Gasteiger partial charge in [-0.3, -0.25) is 0 Å². The Labute approximate surface area is 117 Å². The van der Waals surface area contributed by atoms with Crippen molar-refractivity contribution in [3.05, 3.63) is 45.6 Å². The molecule has 1 heterocycles. The van der Waals surface area contributed by atoms with Gasteiger partial charge in [0.1, 0.15) is 0 Å². The molecule has 4 heteroatoms. The van der Waals surface area contributed by atoms with Crippen LogP contribution in [0.1, 0.15) is 18.5 Å². The third kappa shape index (κ3) is 3.18. The first-order valence-corrected chi connectivity index (χ1v) is 7.10. The van der Waals surface area contributed by atoms with Crippen LogP contribution < -0.4 is 10.2 Å². The number of thiophene rings is 1. The van der Waals surface area contributed by atoms with E-state index >= 15 is 0 Å². The van der Waals surface area contributed by atoms with Crippen molar-refractivity contribution in [3.8, 4) is 0 Å². The van der Waals surface area contributed by atoms with Crippen molar-refractivity contribution in [3.63, 3.8) is 0 Å². The minimum atomic E-state index is 0.263. The summed E-state index contributed by atoms with van der Waals surface area (Å²) in [5.41, 5.74) is 3.55. The Morgan fingerprint density at radius 2 is 1.89 bits per heavy atom. The zero-order chi connectivity index (χ0) is 13.1. The minimum Gasteiger partial charge on any atom is -0.378 e. The molecule has 2 aromatic rings. The maximum Gasteiger partial charge on any atom is 0.0931 e. The van der Waals surface area contributed by atoms with E-state index < -0.39 is 0 Å². The first kappa shape index (κ1) is 13.2. The second-order valence-corrected chi connectivity index (χ2v) is 6.03. The molecule has 0 saturated heterocycles. The first-order chi connectivity index (χ1) is 8.56. The van der Waals surface area contributed by atoms with Gasteiger partial charge in [-0.1, -0.05) is 11.6 Å². The molecule has 0 aliphatic heterocycles. The van der Waals surface area contributed by atoms with Crippen LogP contribution in [0.4, 0.5) is 11.4 Å². The van der Waals surface area contributed by atoms with Gasteiger partial charge in [0.15, 0.2) is 0 Å². The molecule has 2 nitrogen and oxygen atoms in total. The Balaban J connectivity index is 2.05. The second kappa shape index (κ2) is 5.63. The number of nitrogens with one attached hydrogen (secondary N) is 1. The lowest BCUT2D eigenvalue weighted by Gasteiger charge is -2.16. The summed E-state index contributed by atoms with van der Waals surface area (Å²) in [6.45, 7) is 2.14. The maximum atomic E-state index is 5.95. The van der Waals surface area contributed by atoms with Crippen LogP contribution in [-0.2, 0) is 0 Å². The summed E-state index contributed by atoms with van der Waals surface area (Å²) in [4.78, 5) is 2.09. The molecule has 1 N–H and O–H groups in total. The van der Waals surface area contributed by atoms with Crippen molar-refractivity contribution in [2.24, 2.45) is 0 Å². The van der Waals surface area contributed by atoms with Crippen LogP contribution in [0.2, 0.25) is 4.34 Å². The van der Waals surface area contributed by atoms with E-state index in [1.165, 1.54) is 11.3 Å². The van der Waals surface area contributed by atoms with Gasteiger partial charge in [-0.15, -0.1) is 11.3 Å². The van der Waals surface area contributed by atoms with E-state index in [1.54, 1.807) is 11.3 Å². The summed E-state index contributed by atoms with van der Waals surface area (Å²) in [5, 5.41) is 5.56. The molecule has 2 rings (SSSR count). The fraction of sp³-hybridized carbons (Fsp3) is 0.286. The normalized spacial score (nSPS) is 12.2. The summed E-state index contributed by atoms with van der Waals surface area (Å²) < 4.78 is 0.835. The minimum absolute atomic E-state index is 0.263. The average molecular weight is 281 g/mol. The topological polar surface area (TPSA) is 15.3 Å². The predicted octanol–water partition coefficient (Wildman–Crippen LogP) is 4.64. The van der Waals surface area contributed by atoms with Gasteiger partial charge >= 0.3 is 0 Å². The van der Waals surface area contributed by atoms with E-state index in [1.807, 2.05) is 20.2 Å². The van der Waals surface area contributed by atoms with Crippen molar-refractivity contribution in [1.82, 2.24) is 0 Å². The number of halogens is 1. The molecule has 1 unspecified atom stereocenters. The summed E-state index contributed by atoms with van der Waals surface area (Å²) in [7, 11) is 4.08. The van der Waals surface area contributed by atoms with Gasteiger partial charge in [0.05, 0.1) is 4.34 Å². The lowest BCUT2D eigenvalue weighted by atomic mass is 10.1. The highest BCUT2D eigenvalue weighted by atomic mass is 35.5. The van der Waals surface area contributed by atoms with Gasteiger partial charge in [0, 0.05) is 31.5 Å². The lowest BCUT2D eigenvalue weighted by molar-refractivity contribution is 0.890. The fourth-order valence-corrected chi connectivity index (χ4v) is 2.72. The third-order valence-corrected chi connectivity index (χ3v) is 3.96. The quantitative estimate of drug-likeness (QED) is 0.878. The van der Waals surface area contributed by atoms with Crippen LogP contribution in [0.15, 0.2) is 35.7 Å². The molecular weight excluding hydrogens is 264 g/mol. The van der Waals surface area contributed by atoms with Crippen LogP contribution in [0.3, 0.4) is 0 Å². The number of hydrogen-bond acceptors (Lipinski definition) is 3. The summed E-state index contributed by atoms with van der Waals surface area (Å²) in [6, 6.07) is 10.7. The van der Waals surface area contributed by atoms with Crippen LogP contribution in [0.25, 0.3) is 0 Å². The average Bonchev–Trinajstić information content (AvgIpc) is 2.76. The molecule has 0 saturated carbocycles. The largest absolute Gasteiger partial charge is 0.378 e. The zero-order valence-electron chi connectivity index (χ0n) is 10.8. The Morgan fingerprint density at radius 1 is 1.22 bits per heavy atom. The Bertz CT molecular complexity index is 505. The van der Waals surface area contributed by atoms with Crippen LogP contribution in [0.5, 0.6) is 0 Å². The van der Waals surface area contributed by atoms with E-state index in [4.69, 9.17) is 11.6 Å². The predicted molar refractivity (Wildman–Crippen MR) is 82.1 cm³/mol. The SMILES string of the molecule is CC(Nc1ccc(N(C)C)cc1)c1csc(Cl)c1. The molecule has 1 aromatic carbocycles. The highest BCUT2D eigenvalue weighted by Gasteiger charge is 2.07. The molecule has 0 amide bonds. The maximum absolute atomic E-state index is 5.95. The van der Waals surface area contributed by atoms with Crippen molar-refractivity contribution in [2.45, 2.75) is 13.0 Å². The molecule has 18 heavy (non-hydrogen) atoms. The highest BCUT2D eigenvalue weighted by molar-refractivity contribution is 7.14. The van der Waals surface area contributed by atoms with Crippen molar-refractivity contribution in [1.29, 1.82) is 0 Å². The van der Waals surface area contributed by atoms with Crippen LogP contribution in [-0.4, -0.2) is 14.1 Å². The van der Waals surface area contributed by atoms with Gasteiger partial charge < -0.3 is 10.2 Å². The fourth-order valence-electron chi connectivity index (χ4n) is 1.74. The van der Waals surface area contributed by atoms with Gasteiger partial charge in [0.25, 0.3) is 0 Å². The van der Waals surface area contributed by atoms with Crippen LogP contribution >= 0.6 is 22.9 Å². The number of benzene rings is 1. The van der Waals surface area contributed by atoms with Gasteiger partial charge in [0.2, 0.25) is 0 Å². The lowest BCUT2D eigenvalue weighted by Crippen LogP contribution is -2.09. The smallest absolute Gasteiger partial charge is 0.0931 e. The Hall–Kier alpha value is -1.19. The molecule has 0 aliphatic rings. The standard InChI is InChI=1S/C14H17ClN2S/c1-10(11-8-14(15)18-9-11)16-12-4-6-13(7-5-12)17(2)3/h4-10,16H,1-3H3. The molecule has 0 bridgehead atoms. The summed E-state index contributed by atoms with van der Waals surface area (Å²) in [5.74, 6) is 0. The van der Waals surface area contributed by atoms with Gasteiger partial charge in [-0.25, -0.2) is 0 Å². The van der Waals surface area contributed by atoms with E-state index in [0.29, 0.717) is 0 Å². The van der Waals surface area contributed by atoms with Gasteiger partial charge in [-0.2, -0.15) is 0 Å². The molecule has 1 aromatic heterocycles. The number of anilines is 2. The molecular formula is C14H17ClN2S. The first-order valence-electron chi connectivity index (χ1n) is 5.84. The molecule has 96 valence electrons. The summed E-state index contributed by atoms with van der Waals surface area (Å²) in [6.07, 6.45) is 0. The highest BCUT2D eigenvalue weighted by Crippen LogP contribution is 2.27. The van der Waals surface area contributed by atoms with Crippen molar-refractivity contribution in [2.75, 3.05) is 24.3 Å². The third-order valence-electron chi connectivity index (χ3n) is 2.85. The zero-order valence-corrected chi connectivity index (χ0v) is 12.3. The Kier molecular flexibility index (Phi) is 4.15. The van der Waals surface area contributed by atoms with E-state index in [0.717, 1.165) is 10.0 Å². The molecule has 0 fully saturated rings. The Morgan fingerprint density at radius 3 is 2.39 bits per heavy atom. The van der Waals surface area contributed by atoms with Crippen molar-refractivity contribution < 1.29 is 0 Å². The van der Waals surface area contributed by atoms with E-state index in [-0.39, 0.29) is 6.04 Å². The molecule has 1 atom stereocenters. The number of nitrogens with zero attached hydrogens (tertiary/aromatic N) is 1. The monoisotopic (exact) mass is 280 g/mol. The van der Waals surface area contributed by atoms with E-state index in [9.17, 15) is 0 Å². The molecule has 0 spiro atoms. The second-order valence-electron chi connectivity index (χ2n) is 4.49. The summed E-state index contributed by atoms with van der Waals surface area (Å²) >= 11 is 7.52. The van der Waals surface area contributed by atoms with Crippen molar-refractivity contribution >= 4 is 34.3 Å². The van der Waals surface area contributed by atoms with Gasteiger partial charge in [-0.05, 0) is 48.2 Å². The van der Waals surface area contributed by atoms with E-state index in [2.05, 4.69) is 46.8 Å². The van der Waals surface area contributed by atoms with Crippen LogP contribution in [0, 0.1) is 0 Å².